The first-order valence-corrected chi connectivity index (χ1v) is 8.99. The fourth-order valence-corrected chi connectivity index (χ4v) is 2.76. The molecule has 0 spiro atoms. The second-order valence-corrected chi connectivity index (χ2v) is 8.10. The van der Waals surface area contributed by atoms with E-state index in [1.807, 2.05) is 32.9 Å². The van der Waals surface area contributed by atoms with Crippen LogP contribution in [0, 0.1) is 5.92 Å². The van der Waals surface area contributed by atoms with Crippen LogP contribution >= 0.6 is 11.6 Å². The summed E-state index contributed by atoms with van der Waals surface area (Å²) in [5.74, 6) is 2.11. The Bertz CT molecular complexity index is 761. The van der Waals surface area contributed by atoms with E-state index in [2.05, 4.69) is 13.8 Å². The van der Waals surface area contributed by atoms with Gasteiger partial charge in [0.1, 0.15) is 11.5 Å². The maximum Gasteiger partial charge on any atom is 0.414 e. The molecule has 0 saturated carbocycles. The Kier molecular flexibility index (Phi) is 6.24. The molecule has 0 unspecified atom stereocenters. The van der Waals surface area contributed by atoms with E-state index in [9.17, 15) is 9.90 Å². The van der Waals surface area contributed by atoms with Crippen LogP contribution in [0.4, 0.5) is 10.7 Å². The normalized spacial score (nSPS) is 11.7. The molecule has 1 heterocycles. The van der Waals surface area contributed by atoms with Crippen LogP contribution in [0.3, 0.4) is 0 Å². The molecule has 0 aliphatic carbocycles. The van der Waals surface area contributed by atoms with Gasteiger partial charge in [-0.15, -0.1) is 0 Å². The molecule has 2 rings (SSSR count). The largest absolute Gasteiger partial charge is 0.493 e. The monoisotopic (exact) mass is 379 g/mol. The Labute approximate surface area is 159 Å². The molecule has 0 aliphatic heterocycles. The van der Waals surface area contributed by atoms with Crippen molar-refractivity contribution in [1.82, 2.24) is 0 Å². The van der Waals surface area contributed by atoms with Crippen molar-refractivity contribution in [1.29, 1.82) is 0 Å². The number of rotatable bonds is 6. The van der Waals surface area contributed by atoms with Crippen molar-refractivity contribution in [3.63, 3.8) is 0 Å². The third-order valence-electron chi connectivity index (χ3n) is 3.69. The number of ether oxygens (including phenoxy) is 1. The second kappa shape index (κ2) is 8.04. The van der Waals surface area contributed by atoms with E-state index in [4.69, 9.17) is 20.8 Å². The minimum absolute atomic E-state index is 0.298. The van der Waals surface area contributed by atoms with Gasteiger partial charge in [-0.2, -0.15) is 0 Å². The summed E-state index contributed by atoms with van der Waals surface area (Å²) < 4.78 is 11.7. The van der Waals surface area contributed by atoms with Crippen LogP contribution < -0.4 is 9.64 Å². The summed E-state index contributed by atoms with van der Waals surface area (Å²) in [7, 11) is 0. The molecule has 2 aromatic rings. The lowest BCUT2D eigenvalue weighted by molar-refractivity contribution is 0.193. The molecule has 1 amide bonds. The van der Waals surface area contributed by atoms with E-state index in [-0.39, 0.29) is 0 Å². The first kappa shape index (κ1) is 20.2. The highest BCUT2D eigenvalue weighted by molar-refractivity contribution is 6.30. The van der Waals surface area contributed by atoms with Gasteiger partial charge in [-0.25, -0.2) is 9.69 Å². The molecule has 6 heteroatoms. The van der Waals surface area contributed by atoms with E-state index < -0.39 is 11.6 Å². The number of nitrogens with zero attached hydrogens (tertiary/aromatic N) is 1. The van der Waals surface area contributed by atoms with Crippen LogP contribution in [0.25, 0.3) is 0 Å². The lowest BCUT2D eigenvalue weighted by atomic mass is 10.1. The van der Waals surface area contributed by atoms with Gasteiger partial charge in [0, 0.05) is 28.6 Å². The van der Waals surface area contributed by atoms with Crippen molar-refractivity contribution in [2.75, 3.05) is 11.5 Å². The maximum atomic E-state index is 11.6. The molecule has 0 aliphatic rings. The van der Waals surface area contributed by atoms with Crippen LogP contribution in [0.15, 0.2) is 34.7 Å². The highest BCUT2D eigenvalue weighted by atomic mass is 35.5. The Balaban J connectivity index is 2.26. The molecule has 142 valence electrons. The third-order valence-corrected chi connectivity index (χ3v) is 3.92. The summed E-state index contributed by atoms with van der Waals surface area (Å²) in [6.45, 7) is 10.2. The zero-order valence-corrected chi connectivity index (χ0v) is 16.6. The number of hydrogen-bond donors (Lipinski definition) is 1. The first-order chi connectivity index (χ1) is 12.1. The molecular formula is C20H26ClNO4. The number of anilines is 1. The summed E-state index contributed by atoms with van der Waals surface area (Å²) in [6, 6.07) is 8.94. The van der Waals surface area contributed by atoms with Crippen LogP contribution in [0.2, 0.25) is 5.02 Å². The molecule has 1 aromatic carbocycles. The van der Waals surface area contributed by atoms with Gasteiger partial charge in [0.15, 0.2) is 0 Å². The van der Waals surface area contributed by atoms with Gasteiger partial charge in [0.05, 0.1) is 6.61 Å². The summed E-state index contributed by atoms with van der Waals surface area (Å²) in [4.78, 5) is 12.8. The maximum absolute atomic E-state index is 11.6. The molecule has 0 fully saturated rings. The quantitative estimate of drug-likeness (QED) is 0.684. The highest BCUT2D eigenvalue weighted by Crippen LogP contribution is 2.30. The topological polar surface area (TPSA) is 62.9 Å². The fourth-order valence-electron chi connectivity index (χ4n) is 2.56. The Morgan fingerprint density at radius 3 is 2.54 bits per heavy atom. The lowest BCUT2D eigenvalue weighted by Gasteiger charge is -2.30. The van der Waals surface area contributed by atoms with Crippen LogP contribution in [0.5, 0.6) is 5.75 Å². The van der Waals surface area contributed by atoms with Gasteiger partial charge in [-0.3, -0.25) is 0 Å². The van der Waals surface area contributed by atoms with Gasteiger partial charge >= 0.3 is 6.09 Å². The average molecular weight is 380 g/mol. The molecule has 0 radical (unpaired) electrons. The average Bonchev–Trinajstić information content (AvgIpc) is 2.92. The summed E-state index contributed by atoms with van der Waals surface area (Å²) in [6.07, 6.45) is -0.590. The van der Waals surface area contributed by atoms with Gasteiger partial charge in [-0.1, -0.05) is 25.4 Å². The molecular weight excluding hydrogens is 354 g/mol. The smallest absolute Gasteiger partial charge is 0.414 e. The standard InChI is InChI=1S/C20H26ClNO4/c1-13(2)12-25-17-8-6-15(21)10-14(17)11-16-7-9-18(26-16)22(19(23)24)20(3,4)5/h6-10,13H,11-12H2,1-5H3,(H,23,24). The van der Waals surface area contributed by atoms with E-state index in [1.165, 1.54) is 4.90 Å². The van der Waals surface area contributed by atoms with E-state index in [1.54, 1.807) is 18.2 Å². The van der Waals surface area contributed by atoms with Gasteiger partial charge in [-0.05, 0) is 51.0 Å². The second-order valence-electron chi connectivity index (χ2n) is 7.66. The molecule has 1 aromatic heterocycles. The predicted molar refractivity (Wildman–Crippen MR) is 104 cm³/mol. The lowest BCUT2D eigenvalue weighted by Crippen LogP contribution is -2.44. The minimum atomic E-state index is -1.05. The highest BCUT2D eigenvalue weighted by Gasteiger charge is 2.30. The fraction of sp³-hybridized carbons (Fsp3) is 0.450. The Morgan fingerprint density at radius 2 is 1.96 bits per heavy atom. The Hall–Kier alpha value is -2.14. The van der Waals surface area contributed by atoms with Crippen molar-refractivity contribution in [3.05, 3.63) is 46.7 Å². The van der Waals surface area contributed by atoms with Gasteiger partial charge in [0.25, 0.3) is 0 Å². The number of amides is 1. The SMILES string of the molecule is CC(C)COc1ccc(Cl)cc1Cc1ccc(N(C(=O)O)C(C)(C)C)o1. The summed E-state index contributed by atoms with van der Waals surface area (Å²) in [5.41, 5.74) is 0.291. The number of halogens is 1. The molecule has 1 N–H and O–H groups in total. The summed E-state index contributed by atoms with van der Waals surface area (Å²) in [5, 5.41) is 10.1. The van der Waals surface area contributed by atoms with Crippen molar-refractivity contribution < 1.29 is 19.1 Å². The molecule has 0 bridgehead atoms. The van der Waals surface area contributed by atoms with Crippen LogP contribution in [-0.2, 0) is 6.42 Å². The number of carbonyl (C=O) groups is 1. The number of carboxylic acid groups (broad SMARTS) is 1. The molecule has 0 atom stereocenters. The third kappa shape index (κ3) is 5.18. The van der Waals surface area contributed by atoms with Crippen molar-refractivity contribution >= 4 is 23.6 Å². The van der Waals surface area contributed by atoms with Crippen molar-refractivity contribution in [2.24, 2.45) is 5.92 Å². The minimum Gasteiger partial charge on any atom is -0.493 e. The van der Waals surface area contributed by atoms with Gasteiger partial charge in [0.2, 0.25) is 5.88 Å². The Morgan fingerprint density at radius 1 is 1.27 bits per heavy atom. The van der Waals surface area contributed by atoms with Crippen molar-refractivity contribution in [2.45, 2.75) is 46.6 Å². The van der Waals surface area contributed by atoms with Crippen LogP contribution in [0.1, 0.15) is 45.9 Å². The number of benzene rings is 1. The number of hydrogen-bond acceptors (Lipinski definition) is 3. The predicted octanol–water partition coefficient (Wildman–Crippen LogP) is 5.84. The van der Waals surface area contributed by atoms with E-state index in [0.717, 1.165) is 11.3 Å². The van der Waals surface area contributed by atoms with Crippen LogP contribution in [-0.4, -0.2) is 23.3 Å². The zero-order valence-electron chi connectivity index (χ0n) is 15.9. The first-order valence-electron chi connectivity index (χ1n) is 8.61. The van der Waals surface area contributed by atoms with E-state index in [0.29, 0.717) is 35.6 Å². The zero-order chi connectivity index (χ0) is 19.5. The molecule has 5 nitrogen and oxygen atoms in total. The van der Waals surface area contributed by atoms with E-state index >= 15 is 0 Å². The van der Waals surface area contributed by atoms with Crippen molar-refractivity contribution in [3.8, 4) is 5.75 Å². The molecule has 0 saturated heterocycles. The summed E-state index contributed by atoms with van der Waals surface area (Å²) >= 11 is 6.13. The van der Waals surface area contributed by atoms with Gasteiger partial charge < -0.3 is 14.3 Å². The number of furan rings is 1. The molecule has 26 heavy (non-hydrogen) atoms.